The van der Waals surface area contributed by atoms with Gasteiger partial charge in [-0.05, 0) is 6.07 Å². The average molecular weight is 192 g/mol. The Morgan fingerprint density at radius 2 is 1.60 bits per heavy atom. The minimum absolute atomic E-state index is 1.14. The third-order valence-electron chi connectivity index (χ3n) is 2.48. The molecule has 0 bridgehead atoms. The summed E-state index contributed by atoms with van der Waals surface area (Å²) in [6.07, 6.45) is 0. The lowest BCUT2D eigenvalue weighted by molar-refractivity contribution is 1.43. The summed E-state index contributed by atoms with van der Waals surface area (Å²) in [6.45, 7) is 0. The Bertz CT molecular complexity index is 450. The van der Waals surface area contributed by atoms with Gasteiger partial charge in [-0.25, -0.2) is 0 Å². The maximum Gasteiger partial charge on any atom is 0.0710 e. The highest BCUT2D eigenvalue weighted by molar-refractivity contribution is 6.04. The van der Waals surface area contributed by atoms with Gasteiger partial charge < -0.3 is 5.32 Å². The van der Waals surface area contributed by atoms with Crippen LogP contribution >= 0.6 is 0 Å². The molecule has 0 spiro atoms. The Kier molecular flexibility index (Phi) is 1.82. The molecule has 2 aromatic carbocycles. The standard InChI is InChI=1S/C14H10N/c1-3-7-11(8-4-1)13-14(15-13)12-9-5-2-6-10-12/h1-9,15H. The predicted molar refractivity (Wildman–Crippen MR) is 61.7 cm³/mol. The van der Waals surface area contributed by atoms with E-state index in [0.717, 1.165) is 5.56 Å². The van der Waals surface area contributed by atoms with Gasteiger partial charge in [0.15, 0.2) is 0 Å². The number of hydrogen-bond donors (Lipinski definition) is 1. The molecule has 1 heterocycles. The molecule has 3 rings (SSSR count). The third-order valence-corrected chi connectivity index (χ3v) is 2.48. The Morgan fingerprint density at radius 3 is 2.33 bits per heavy atom. The lowest BCUT2D eigenvalue weighted by atomic mass is 10.1. The van der Waals surface area contributed by atoms with Crippen LogP contribution in [0.5, 0.6) is 0 Å². The van der Waals surface area contributed by atoms with E-state index < -0.39 is 0 Å². The molecule has 2 aromatic rings. The summed E-state index contributed by atoms with van der Waals surface area (Å²) in [5.74, 6) is 0. The Balaban J connectivity index is 1.97. The second-order valence-electron chi connectivity index (χ2n) is 3.52. The molecule has 1 heteroatoms. The monoisotopic (exact) mass is 192 g/mol. The van der Waals surface area contributed by atoms with Crippen LogP contribution in [0.2, 0.25) is 0 Å². The molecule has 0 unspecified atom stereocenters. The molecule has 0 aromatic heterocycles. The van der Waals surface area contributed by atoms with Crippen molar-refractivity contribution < 1.29 is 0 Å². The zero-order chi connectivity index (χ0) is 10.1. The molecule has 0 saturated heterocycles. The third kappa shape index (κ3) is 1.52. The van der Waals surface area contributed by atoms with Gasteiger partial charge in [-0.15, -0.1) is 0 Å². The molecule has 1 radical (unpaired) electrons. The Morgan fingerprint density at radius 1 is 0.800 bits per heavy atom. The van der Waals surface area contributed by atoms with Crippen molar-refractivity contribution in [3.05, 3.63) is 71.8 Å². The zero-order valence-electron chi connectivity index (χ0n) is 8.20. The van der Waals surface area contributed by atoms with E-state index >= 15 is 0 Å². The first-order valence-corrected chi connectivity index (χ1v) is 4.99. The number of nitrogens with one attached hydrogen (secondary N) is 1. The fourth-order valence-corrected chi connectivity index (χ4v) is 1.67. The van der Waals surface area contributed by atoms with Gasteiger partial charge >= 0.3 is 0 Å². The maximum atomic E-state index is 3.30. The second-order valence-corrected chi connectivity index (χ2v) is 3.52. The van der Waals surface area contributed by atoms with Crippen molar-refractivity contribution in [2.75, 3.05) is 0 Å². The number of benzene rings is 2. The van der Waals surface area contributed by atoms with Gasteiger partial charge in [0.25, 0.3) is 0 Å². The van der Waals surface area contributed by atoms with Crippen LogP contribution in [-0.2, 0) is 0 Å². The van der Waals surface area contributed by atoms with Gasteiger partial charge in [-0.3, -0.25) is 0 Å². The molecule has 0 fully saturated rings. The van der Waals surface area contributed by atoms with E-state index in [2.05, 4.69) is 41.7 Å². The van der Waals surface area contributed by atoms with Crippen LogP contribution in [0.4, 0.5) is 0 Å². The van der Waals surface area contributed by atoms with E-state index in [1.54, 1.807) is 0 Å². The van der Waals surface area contributed by atoms with Crippen molar-refractivity contribution in [1.29, 1.82) is 0 Å². The van der Waals surface area contributed by atoms with Crippen molar-refractivity contribution in [3.63, 3.8) is 0 Å². The zero-order valence-corrected chi connectivity index (χ0v) is 8.20. The highest BCUT2D eigenvalue weighted by Crippen LogP contribution is 2.33. The topological polar surface area (TPSA) is 21.9 Å². The fraction of sp³-hybridized carbons (Fsp3) is 0. The molecule has 0 amide bonds. The first-order valence-electron chi connectivity index (χ1n) is 4.99. The summed E-state index contributed by atoms with van der Waals surface area (Å²) < 4.78 is 0. The lowest BCUT2D eigenvalue weighted by Crippen LogP contribution is -1.81. The first-order chi connectivity index (χ1) is 7.45. The van der Waals surface area contributed by atoms with Gasteiger partial charge in [-0.2, -0.15) is 0 Å². The molecule has 0 saturated carbocycles. The first kappa shape index (κ1) is 8.30. The summed E-state index contributed by atoms with van der Waals surface area (Å²) >= 11 is 0. The minimum Gasteiger partial charge on any atom is -0.351 e. The van der Waals surface area contributed by atoms with Gasteiger partial charge in [0, 0.05) is 11.1 Å². The maximum absolute atomic E-state index is 3.30. The van der Waals surface area contributed by atoms with Crippen LogP contribution < -0.4 is 5.32 Å². The highest BCUT2D eigenvalue weighted by atomic mass is 15.0. The summed E-state index contributed by atoms with van der Waals surface area (Å²) in [7, 11) is 0. The van der Waals surface area contributed by atoms with Crippen LogP contribution in [0.15, 0.2) is 54.6 Å². The van der Waals surface area contributed by atoms with E-state index in [-0.39, 0.29) is 0 Å². The lowest BCUT2D eigenvalue weighted by Gasteiger charge is -1.88. The van der Waals surface area contributed by atoms with Crippen LogP contribution in [0, 0.1) is 6.07 Å². The van der Waals surface area contributed by atoms with Crippen LogP contribution in [0.25, 0.3) is 11.4 Å². The van der Waals surface area contributed by atoms with Crippen molar-refractivity contribution in [2.45, 2.75) is 0 Å². The molecule has 0 aliphatic carbocycles. The van der Waals surface area contributed by atoms with E-state index in [9.17, 15) is 0 Å². The number of hydrogen-bond acceptors (Lipinski definition) is 1. The largest absolute Gasteiger partial charge is 0.351 e. The van der Waals surface area contributed by atoms with E-state index in [4.69, 9.17) is 0 Å². The van der Waals surface area contributed by atoms with Crippen molar-refractivity contribution in [1.82, 2.24) is 5.32 Å². The van der Waals surface area contributed by atoms with Crippen LogP contribution in [0.3, 0.4) is 0 Å². The fourth-order valence-electron chi connectivity index (χ4n) is 1.67. The van der Waals surface area contributed by atoms with E-state index in [1.165, 1.54) is 17.0 Å². The minimum atomic E-state index is 1.14. The smallest absolute Gasteiger partial charge is 0.0710 e. The van der Waals surface area contributed by atoms with Gasteiger partial charge in [0.2, 0.25) is 0 Å². The second kappa shape index (κ2) is 3.28. The Hall–Kier alpha value is -2.02. The summed E-state index contributed by atoms with van der Waals surface area (Å²) in [6, 6.07) is 21.6. The molecule has 71 valence electrons. The van der Waals surface area contributed by atoms with Gasteiger partial charge in [0.1, 0.15) is 0 Å². The van der Waals surface area contributed by atoms with Crippen molar-refractivity contribution in [3.8, 4) is 0 Å². The summed E-state index contributed by atoms with van der Waals surface area (Å²) in [5, 5.41) is 3.30. The van der Waals surface area contributed by atoms with E-state index in [1.807, 2.05) is 24.3 Å². The van der Waals surface area contributed by atoms with Gasteiger partial charge in [0.05, 0.1) is 11.4 Å². The molecular formula is C14H10N. The molecule has 0 atom stereocenters. The molecule has 1 aliphatic rings. The predicted octanol–water partition coefficient (Wildman–Crippen LogP) is 2.92. The quantitative estimate of drug-likeness (QED) is 0.776. The Labute approximate surface area is 89.1 Å². The highest BCUT2D eigenvalue weighted by Gasteiger charge is 2.23. The number of rotatable bonds is 2. The summed E-state index contributed by atoms with van der Waals surface area (Å²) in [5.41, 5.74) is 4.79. The van der Waals surface area contributed by atoms with Crippen molar-refractivity contribution >= 4 is 11.4 Å². The SMILES string of the molecule is [c]1ccccc1C1=C(c2ccccc2)N1. The van der Waals surface area contributed by atoms with Crippen LogP contribution in [0.1, 0.15) is 11.1 Å². The molecule has 1 nitrogen and oxygen atoms in total. The van der Waals surface area contributed by atoms with Crippen molar-refractivity contribution in [2.24, 2.45) is 0 Å². The van der Waals surface area contributed by atoms with Gasteiger partial charge in [-0.1, -0.05) is 54.6 Å². The summed E-state index contributed by atoms with van der Waals surface area (Å²) in [4.78, 5) is 0. The molecule has 1 aliphatic heterocycles. The molecule has 1 N–H and O–H groups in total. The normalized spacial score (nSPS) is 13.6. The molecule has 15 heavy (non-hydrogen) atoms. The van der Waals surface area contributed by atoms with E-state index in [0.29, 0.717) is 0 Å². The molecular weight excluding hydrogens is 182 g/mol. The van der Waals surface area contributed by atoms with Crippen LogP contribution in [-0.4, -0.2) is 0 Å². The average Bonchev–Trinajstić information content (AvgIpc) is 3.11.